The summed E-state index contributed by atoms with van der Waals surface area (Å²) in [5, 5.41) is 0. The molecule has 0 amide bonds. The fraction of sp³-hybridized carbons (Fsp3) is 0.270. The lowest BCUT2D eigenvalue weighted by Crippen LogP contribution is -2.61. The van der Waals surface area contributed by atoms with E-state index in [9.17, 15) is 0 Å². The summed E-state index contributed by atoms with van der Waals surface area (Å²) in [5.74, 6) is 0. The summed E-state index contributed by atoms with van der Waals surface area (Å²) in [7, 11) is 0. The zero-order valence-electron chi connectivity index (χ0n) is 48.2. The Morgan fingerprint density at radius 2 is 1.04 bits per heavy atom. The number of hydrogen-bond donors (Lipinski definition) is 0. The Kier molecular flexibility index (Phi) is 11.2. The number of fused-ring (bicyclic) bond motifs is 9. The minimum atomic E-state index is -0.350. The van der Waals surface area contributed by atoms with Crippen LogP contribution in [-0.2, 0) is 33.6 Å². The van der Waals surface area contributed by atoms with Gasteiger partial charge in [-0.2, -0.15) is 0 Å². The molecule has 3 heterocycles. The van der Waals surface area contributed by atoms with E-state index in [1.165, 1.54) is 123 Å². The lowest BCUT2D eigenvalue weighted by atomic mass is 9.33. The average Bonchev–Trinajstić information content (AvgIpc) is 3.25. The first-order chi connectivity index (χ1) is 37.1. The summed E-state index contributed by atoms with van der Waals surface area (Å²) >= 11 is 0. The molecule has 0 bridgehead atoms. The molecule has 0 N–H and O–H groups in total. The minimum Gasteiger partial charge on any atom is -0.330 e. The molecule has 78 heavy (non-hydrogen) atoms. The van der Waals surface area contributed by atoms with Gasteiger partial charge in [0.15, 0.2) is 0 Å². The Labute approximate surface area is 465 Å². The third-order valence-electron chi connectivity index (χ3n) is 18.7. The van der Waals surface area contributed by atoms with Crippen molar-refractivity contribution in [1.82, 2.24) is 0 Å². The second-order valence-corrected chi connectivity index (χ2v) is 26.7. The molecule has 3 aliphatic heterocycles. The van der Waals surface area contributed by atoms with Gasteiger partial charge in [-0.1, -0.05) is 208 Å². The maximum Gasteiger partial charge on any atom is 0.252 e. The first kappa shape index (κ1) is 50.0. The van der Waals surface area contributed by atoms with Gasteiger partial charge >= 0.3 is 0 Å². The fourth-order valence-corrected chi connectivity index (χ4v) is 14.3. The lowest BCUT2D eigenvalue weighted by molar-refractivity contribution is 0.245. The molecular formula is C74H74BN3. The van der Waals surface area contributed by atoms with Gasteiger partial charge in [0.05, 0.1) is 11.2 Å². The fourth-order valence-electron chi connectivity index (χ4n) is 14.3. The molecule has 9 aromatic rings. The zero-order chi connectivity index (χ0) is 54.4. The monoisotopic (exact) mass is 1020 g/mol. The van der Waals surface area contributed by atoms with Crippen LogP contribution in [0.1, 0.15) is 127 Å². The van der Waals surface area contributed by atoms with Crippen LogP contribution in [0.25, 0.3) is 22.3 Å². The highest BCUT2D eigenvalue weighted by molar-refractivity contribution is 7.00. The maximum absolute atomic E-state index is 2.78. The number of hydrogen-bond acceptors (Lipinski definition) is 3. The van der Waals surface area contributed by atoms with E-state index in [1.807, 2.05) is 0 Å². The number of anilines is 8. The Morgan fingerprint density at radius 1 is 0.436 bits per heavy atom. The van der Waals surface area contributed by atoms with Crippen molar-refractivity contribution < 1.29 is 0 Å². The van der Waals surface area contributed by atoms with Crippen molar-refractivity contribution in [3.8, 4) is 22.3 Å². The normalized spacial score (nSPS) is 18.2. The highest BCUT2D eigenvalue weighted by atomic mass is 15.3. The molecular weight excluding hydrogens is 942 g/mol. The van der Waals surface area contributed by atoms with Crippen molar-refractivity contribution >= 4 is 68.6 Å². The Morgan fingerprint density at radius 3 is 1.72 bits per heavy atom. The van der Waals surface area contributed by atoms with Crippen LogP contribution in [0.15, 0.2) is 188 Å². The molecule has 1 aliphatic carbocycles. The van der Waals surface area contributed by atoms with Gasteiger partial charge in [-0.25, -0.2) is 0 Å². The number of nitrogens with zero attached hydrogens (tertiary/aromatic N) is 3. The molecule has 4 heteroatoms. The molecule has 0 spiro atoms. The van der Waals surface area contributed by atoms with E-state index >= 15 is 0 Å². The summed E-state index contributed by atoms with van der Waals surface area (Å²) in [4.78, 5) is 8.06. The van der Waals surface area contributed by atoms with Gasteiger partial charge in [0.25, 0.3) is 6.71 Å². The van der Waals surface area contributed by atoms with E-state index in [0.717, 1.165) is 18.5 Å². The lowest BCUT2D eigenvalue weighted by Gasteiger charge is -2.51. The van der Waals surface area contributed by atoms with E-state index in [2.05, 4.69) is 293 Å². The zero-order valence-corrected chi connectivity index (χ0v) is 48.2. The Bertz CT molecular complexity index is 3870. The molecule has 0 fully saturated rings. The van der Waals surface area contributed by atoms with Crippen molar-refractivity contribution in [3.05, 3.63) is 233 Å². The van der Waals surface area contributed by atoms with Crippen molar-refractivity contribution in [1.29, 1.82) is 0 Å². The molecule has 0 radical (unpaired) electrons. The van der Waals surface area contributed by atoms with Crippen molar-refractivity contribution in [2.75, 3.05) is 14.7 Å². The predicted octanol–water partition coefficient (Wildman–Crippen LogP) is 17.9. The van der Waals surface area contributed by atoms with Crippen LogP contribution in [0, 0.1) is 13.8 Å². The van der Waals surface area contributed by atoms with Crippen LogP contribution in [0.3, 0.4) is 0 Å². The smallest absolute Gasteiger partial charge is 0.252 e. The largest absolute Gasteiger partial charge is 0.330 e. The van der Waals surface area contributed by atoms with E-state index in [0.29, 0.717) is 0 Å². The molecule has 388 valence electrons. The minimum absolute atomic E-state index is 0.000665. The van der Waals surface area contributed by atoms with Crippen LogP contribution in [-0.4, -0.2) is 6.71 Å². The first-order valence-corrected chi connectivity index (χ1v) is 28.6. The summed E-state index contributed by atoms with van der Waals surface area (Å²) < 4.78 is 0. The van der Waals surface area contributed by atoms with Gasteiger partial charge in [0.1, 0.15) is 0 Å². The molecule has 2 unspecified atom stereocenters. The second-order valence-electron chi connectivity index (χ2n) is 26.7. The van der Waals surface area contributed by atoms with Gasteiger partial charge in [-0.15, -0.1) is 0 Å². The quantitative estimate of drug-likeness (QED) is 0.159. The predicted molar refractivity (Wildman–Crippen MR) is 335 cm³/mol. The summed E-state index contributed by atoms with van der Waals surface area (Å²) in [6.45, 7) is 30.7. The van der Waals surface area contributed by atoms with Gasteiger partial charge < -0.3 is 14.7 Å². The van der Waals surface area contributed by atoms with Crippen molar-refractivity contribution in [2.45, 2.75) is 130 Å². The number of aryl methyl sites for hydroxylation is 3. The standard InChI is InChI=1S/C74H74BN3/c1-47-40-48(2)69-60(41-47)73(12)39-38-51-26-20-21-27-59(51)74(73,13)78(69)57-34-35-61-65(46-57)76(56-32-29-53(30-33-56)70(3,4)5)66-44-55(72(9,10)11)45-67-68(66)75(61)62-42-52(49-22-16-14-17-23-49)28-36-64(62)77(67)63-37-31-54(71(6,7)8)43-58(63)50-24-18-15-19-25-50/h14-37,40-46H,38-39H2,1-13H3. The molecule has 3 nitrogen and oxygen atoms in total. The summed E-state index contributed by atoms with van der Waals surface area (Å²) in [6, 6.07) is 73.0. The Hall–Kier alpha value is -7.56. The molecule has 2 atom stereocenters. The number of rotatable bonds is 5. The van der Waals surface area contributed by atoms with Crippen LogP contribution in [0.2, 0.25) is 0 Å². The SMILES string of the molecule is Cc1cc(C)c2c(c1)C1(C)CCc3ccccc3C1(C)N2c1ccc2c(c1)N(c1ccc(C(C)(C)C)cc1)c1cc(C(C)(C)C)cc3c1B2c1cc(-c2ccccc2)ccc1N3c1ccc(C(C)(C)C)cc1-c1ccccc1. The van der Waals surface area contributed by atoms with Crippen molar-refractivity contribution in [2.24, 2.45) is 0 Å². The van der Waals surface area contributed by atoms with Crippen molar-refractivity contribution in [3.63, 3.8) is 0 Å². The molecule has 9 aromatic carbocycles. The molecule has 4 aliphatic rings. The average molecular weight is 1020 g/mol. The first-order valence-electron chi connectivity index (χ1n) is 28.6. The molecule has 13 rings (SSSR count). The maximum atomic E-state index is 2.78. The van der Waals surface area contributed by atoms with E-state index in [-0.39, 0.29) is 33.9 Å². The Balaban J connectivity index is 1.14. The van der Waals surface area contributed by atoms with Crippen LogP contribution < -0.4 is 31.1 Å². The number of benzene rings is 9. The highest BCUT2D eigenvalue weighted by Crippen LogP contribution is 2.65. The molecule has 0 saturated heterocycles. The third kappa shape index (κ3) is 7.52. The van der Waals surface area contributed by atoms with Gasteiger partial charge in [-0.05, 0) is 176 Å². The summed E-state index contributed by atoms with van der Waals surface area (Å²) in [6.07, 6.45) is 2.15. The van der Waals surface area contributed by atoms with E-state index in [1.54, 1.807) is 0 Å². The van der Waals surface area contributed by atoms with E-state index < -0.39 is 0 Å². The second kappa shape index (κ2) is 17.5. The van der Waals surface area contributed by atoms with Crippen LogP contribution in [0.4, 0.5) is 45.5 Å². The molecule has 0 aromatic heterocycles. The van der Waals surface area contributed by atoms with Crippen LogP contribution in [0.5, 0.6) is 0 Å². The molecule has 0 saturated carbocycles. The highest BCUT2D eigenvalue weighted by Gasteiger charge is 2.60. The summed E-state index contributed by atoms with van der Waals surface area (Å²) in [5.41, 5.74) is 28.9. The topological polar surface area (TPSA) is 9.72 Å². The third-order valence-corrected chi connectivity index (χ3v) is 18.7. The van der Waals surface area contributed by atoms with E-state index in [4.69, 9.17) is 0 Å². The van der Waals surface area contributed by atoms with Crippen LogP contribution >= 0.6 is 0 Å². The van der Waals surface area contributed by atoms with Gasteiger partial charge in [-0.3, -0.25) is 0 Å². The van der Waals surface area contributed by atoms with Gasteiger partial charge in [0.2, 0.25) is 0 Å². The van der Waals surface area contributed by atoms with Gasteiger partial charge in [0, 0.05) is 50.8 Å².